The summed E-state index contributed by atoms with van der Waals surface area (Å²) in [6.07, 6.45) is -15.6. The predicted octanol–water partition coefficient (Wildman–Crippen LogP) is 2.49. The van der Waals surface area contributed by atoms with Crippen molar-refractivity contribution in [2.24, 2.45) is 34.5 Å². The quantitative estimate of drug-likeness (QED) is 0.102. The summed E-state index contributed by atoms with van der Waals surface area (Å²) in [5, 5.41) is 65.6. The van der Waals surface area contributed by atoms with E-state index in [0.29, 0.717) is 50.5 Å². The van der Waals surface area contributed by atoms with E-state index in [9.17, 15) is 45.0 Å². The summed E-state index contributed by atoms with van der Waals surface area (Å²) >= 11 is 0. The van der Waals surface area contributed by atoms with Crippen LogP contribution in [0.3, 0.4) is 0 Å². The minimum atomic E-state index is -1.68. The van der Waals surface area contributed by atoms with E-state index >= 15 is 0 Å². The van der Waals surface area contributed by atoms with E-state index in [1.54, 1.807) is 45.2 Å². The Balaban J connectivity index is 0.829. The molecule has 79 heavy (non-hydrogen) atoms. The fourth-order valence-corrected chi connectivity index (χ4v) is 15.7. The second-order valence-electron chi connectivity index (χ2n) is 24.1. The van der Waals surface area contributed by atoms with Crippen LogP contribution in [-0.4, -0.2) is 211 Å². The molecule has 6 N–H and O–H groups in total. The van der Waals surface area contributed by atoms with Crippen molar-refractivity contribution in [2.75, 3.05) is 27.9 Å². The van der Waals surface area contributed by atoms with Gasteiger partial charge in [0.05, 0.1) is 54.4 Å². The molecule has 28 atom stereocenters. The van der Waals surface area contributed by atoms with Crippen LogP contribution in [0.1, 0.15) is 117 Å². The van der Waals surface area contributed by atoms with Crippen LogP contribution in [0.25, 0.3) is 0 Å². The first-order valence-corrected chi connectivity index (χ1v) is 28.3. The molecule has 0 radical (unpaired) electrons. The molecule has 0 unspecified atom stereocenters. The number of carbonyl (C=O) groups is 3. The van der Waals surface area contributed by atoms with Crippen LogP contribution < -0.4 is 0 Å². The van der Waals surface area contributed by atoms with E-state index in [0.717, 1.165) is 6.42 Å². The van der Waals surface area contributed by atoms with Gasteiger partial charge in [0, 0.05) is 58.3 Å². The molecule has 1 aromatic rings. The van der Waals surface area contributed by atoms with E-state index in [1.807, 2.05) is 19.9 Å². The zero-order chi connectivity index (χ0) is 57.0. The molecule has 4 aliphatic heterocycles. The molecular formula is C57H86O22. The summed E-state index contributed by atoms with van der Waals surface area (Å²) in [7, 11) is 4.52. The van der Waals surface area contributed by atoms with Crippen LogP contribution >= 0.6 is 0 Å². The third-order valence-corrected chi connectivity index (χ3v) is 19.8. The SMILES string of the molecule is CO[C@H]1[C@@H](O)[C@H](O[C@@H]2[C@@H](C)O[C@@H](O[C@H]3[C@@H](OC)C[C@H](O[C@H]4CC[C@@]5(C)[C@H](CC[C@@H]6[C@@H]5[C@H](OC(=O)c5ccccc5)[C@@H](OC(C)=O)[C@]5(C)[C@@H](C(C)=O)CC[C@]65O)C4)O[C@@H]3C)C[C@H]2OC)O[C@H](C)[C@H]1O[C@@H]1O[C@H](CO)[C@@H](O)[C@H](O)[C@H]1O. The first-order valence-electron chi connectivity index (χ1n) is 28.3. The van der Waals surface area contributed by atoms with Gasteiger partial charge in [0.2, 0.25) is 0 Å². The number of methoxy groups -OCH3 is 3. The normalized spacial score (nSPS) is 48.9. The maximum absolute atomic E-state index is 14.1. The number of aliphatic hydroxyl groups excluding tert-OH is 5. The number of hydrogen-bond donors (Lipinski definition) is 6. The lowest BCUT2D eigenvalue weighted by atomic mass is 9.41. The summed E-state index contributed by atoms with van der Waals surface area (Å²) in [6.45, 7) is 11.6. The van der Waals surface area contributed by atoms with E-state index in [-0.39, 0.29) is 30.1 Å². The van der Waals surface area contributed by atoms with Crippen LogP contribution in [0, 0.1) is 34.5 Å². The minimum absolute atomic E-state index is 0.0809. The summed E-state index contributed by atoms with van der Waals surface area (Å²) in [6, 6.07) is 8.70. The summed E-state index contributed by atoms with van der Waals surface area (Å²) < 4.78 is 81.1. The fraction of sp³-hybridized carbons (Fsp3) is 0.842. The van der Waals surface area contributed by atoms with Crippen molar-refractivity contribution in [3.8, 4) is 0 Å². The van der Waals surface area contributed by atoms with Crippen molar-refractivity contribution in [3.05, 3.63) is 35.9 Å². The van der Waals surface area contributed by atoms with Gasteiger partial charge in [-0.05, 0) is 102 Å². The number of carbonyl (C=O) groups excluding carboxylic acids is 3. The highest BCUT2D eigenvalue weighted by atomic mass is 16.8. The minimum Gasteiger partial charge on any atom is -0.458 e. The maximum atomic E-state index is 14.1. The number of aliphatic hydroxyl groups is 6. The van der Waals surface area contributed by atoms with E-state index in [2.05, 4.69) is 6.92 Å². The second kappa shape index (κ2) is 24.4. The zero-order valence-electron chi connectivity index (χ0n) is 47.1. The average Bonchev–Trinajstić information content (AvgIpc) is 2.90. The summed E-state index contributed by atoms with van der Waals surface area (Å²) in [5.74, 6) is -2.49. The molecular weight excluding hydrogens is 1040 g/mol. The lowest BCUT2D eigenvalue weighted by Crippen LogP contribution is -2.73. The molecule has 0 bridgehead atoms. The van der Waals surface area contributed by atoms with Gasteiger partial charge in [-0.2, -0.15) is 0 Å². The van der Waals surface area contributed by atoms with Gasteiger partial charge in [-0.25, -0.2) is 4.79 Å². The van der Waals surface area contributed by atoms with Gasteiger partial charge in [-0.15, -0.1) is 0 Å². The Morgan fingerprint density at radius 1 is 0.633 bits per heavy atom. The molecule has 8 fully saturated rings. The predicted molar refractivity (Wildman–Crippen MR) is 273 cm³/mol. The monoisotopic (exact) mass is 1120 g/mol. The van der Waals surface area contributed by atoms with Gasteiger partial charge in [0.15, 0.2) is 25.2 Å². The molecule has 0 aromatic heterocycles. The molecule has 446 valence electrons. The van der Waals surface area contributed by atoms with Gasteiger partial charge in [0.1, 0.15) is 72.9 Å². The Morgan fingerprint density at radius 2 is 1.24 bits per heavy atom. The third kappa shape index (κ3) is 11.2. The molecule has 9 rings (SSSR count). The Bertz CT molecular complexity index is 2240. The van der Waals surface area contributed by atoms with Crippen molar-refractivity contribution in [1.29, 1.82) is 0 Å². The number of Topliss-reactive ketones (excluding diaryl/α,β-unsaturated/α-hetero) is 1. The number of ketones is 1. The molecule has 4 heterocycles. The topological polar surface area (TPSA) is 293 Å². The molecule has 0 amide bonds. The van der Waals surface area contributed by atoms with Crippen molar-refractivity contribution in [1.82, 2.24) is 0 Å². The van der Waals surface area contributed by atoms with Crippen LogP contribution in [0.2, 0.25) is 0 Å². The van der Waals surface area contributed by atoms with E-state index in [4.69, 9.17) is 61.6 Å². The smallest absolute Gasteiger partial charge is 0.338 e. The molecule has 0 spiro atoms. The van der Waals surface area contributed by atoms with Gasteiger partial charge in [-0.3, -0.25) is 9.59 Å². The highest BCUT2D eigenvalue weighted by molar-refractivity contribution is 5.89. The first kappa shape index (κ1) is 60.7. The largest absolute Gasteiger partial charge is 0.458 e. The van der Waals surface area contributed by atoms with Crippen molar-refractivity contribution in [3.63, 3.8) is 0 Å². The molecule has 8 aliphatic rings. The van der Waals surface area contributed by atoms with E-state index < -0.39 is 170 Å². The molecule has 4 saturated carbocycles. The number of hydrogen-bond acceptors (Lipinski definition) is 22. The lowest BCUT2D eigenvalue weighted by Gasteiger charge is -2.66. The Kier molecular flexibility index (Phi) is 18.8. The van der Waals surface area contributed by atoms with Crippen LogP contribution in [0.5, 0.6) is 0 Å². The lowest BCUT2D eigenvalue weighted by molar-refractivity contribution is -0.373. The average molecular weight is 1120 g/mol. The number of benzene rings is 1. The molecule has 22 heteroatoms. The molecule has 4 saturated heterocycles. The van der Waals surface area contributed by atoms with Crippen molar-refractivity contribution in [2.45, 2.75) is 241 Å². The number of rotatable bonds is 16. The molecule has 1 aromatic carbocycles. The third-order valence-electron chi connectivity index (χ3n) is 19.8. The van der Waals surface area contributed by atoms with Crippen molar-refractivity contribution >= 4 is 17.7 Å². The highest BCUT2D eigenvalue weighted by Gasteiger charge is 2.76. The van der Waals surface area contributed by atoms with Gasteiger partial charge >= 0.3 is 11.9 Å². The van der Waals surface area contributed by atoms with Crippen LogP contribution in [0.15, 0.2) is 30.3 Å². The second-order valence-corrected chi connectivity index (χ2v) is 24.1. The zero-order valence-corrected chi connectivity index (χ0v) is 47.1. The Hall–Kier alpha value is -2.85. The first-order chi connectivity index (χ1) is 37.5. The fourth-order valence-electron chi connectivity index (χ4n) is 15.7. The number of fused-ring (bicyclic) bond motifs is 5. The number of ether oxygens (including phenoxy) is 13. The van der Waals surface area contributed by atoms with E-state index in [1.165, 1.54) is 28.1 Å². The van der Waals surface area contributed by atoms with Crippen LogP contribution in [0.4, 0.5) is 0 Å². The molecule has 22 nitrogen and oxygen atoms in total. The Labute approximate surface area is 462 Å². The Morgan fingerprint density at radius 3 is 1.85 bits per heavy atom. The van der Waals surface area contributed by atoms with Gasteiger partial charge < -0.3 is 92.2 Å². The molecule has 4 aliphatic carbocycles. The van der Waals surface area contributed by atoms with Gasteiger partial charge in [-0.1, -0.05) is 32.0 Å². The summed E-state index contributed by atoms with van der Waals surface area (Å²) in [4.78, 5) is 40.6. The highest BCUT2D eigenvalue weighted by Crippen LogP contribution is 2.70. The standard InChI is InChI=1S/C57H86O22/c1-26(59)34-19-21-57(66)35-17-16-32-22-33(18-20-55(32,6)41(35)49(51(56(34,57)7)73-30(5)60)77-52(65)31-14-12-11-13-15-31)74-39-23-36(67-8)46(27(2)70-39)76-40-24-37(68-9)47(28(3)71-40)78-54-45(64)50(69-10)48(29(4)72-54)79-53-44(63)43(62)42(61)38(25-58)75-53/h11-15,27-29,32-51,53-54,58,61-64,66H,16-25H2,1-10H3/t27-,28-,29-,32-,33+,34-,35-,36+,37-,38-,39+,40+,41-,42-,43+,44-,45-,46-,47-,48-,49+,50+,51-,53+,54+,55+,56+,57+/m1/s1. The van der Waals surface area contributed by atoms with Gasteiger partial charge in [0.25, 0.3) is 0 Å². The van der Waals surface area contributed by atoms with Crippen LogP contribution in [-0.2, 0) is 71.2 Å². The maximum Gasteiger partial charge on any atom is 0.338 e. The van der Waals surface area contributed by atoms with Crippen molar-refractivity contribution < 1.29 is 107 Å². The number of esters is 2. The summed E-state index contributed by atoms with van der Waals surface area (Å²) in [5.41, 5.74) is -2.69.